The second kappa shape index (κ2) is 6.46. The van der Waals surface area contributed by atoms with Crippen LogP contribution in [0, 0.1) is 0 Å². The summed E-state index contributed by atoms with van der Waals surface area (Å²) in [7, 11) is 0. The van der Waals surface area contributed by atoms with Crippen molar-refractivity contribution in [2.75, 3.05) is 6.54 Å². The topological polar surface area (TPSA) is 71.5 Å². The summed E-state index contributed by atoms with van der Waals surface area (Å²) in [5, 5.41) is 14.7. The Hall–Kier alpha value is -1.92. The molecule has 1 saturated carbocycles. The third kappa shape index (κ3) is 3.64. The van der Waals surface area contributed by atoms with Gasteiger partial charge in [-0.25, -0.2) is 4.98 Å². The number of hydrogen-bond donors (Lipinski definition) is 2. The number of aromatic nitrogens is 1. The fraction of sp³-hybridized carbons (Fsp3) is 0.375. The minimum absolute atomic E-state index is 0.175. The van der Waals surface area contributed by atoms with Crippen LogP contribution in [0.25, 0.3) is 0 Å². The summed E-state index contributed by atoms with van der Waals surface area (Å²) in [4.78, 5) is 16.2. The molecule has 116 valence electrons. The number of thiazole rings is 1. The van der Waals surface area contributed by atoms with Gasteiger partial charge in [0, 0.05) is 17.5 Å². The van der Waals surface area contributed by atoms with E-state index in [-0.39, 0.29) is 5.91 Å². The van der Waals surface area contributed by atoms with Crippen LogP contribution < -0.4 is 10.1 Å². The highest BCUT2D eigenvalue weighted by molar-refractivity contribution is 7.07. The summed E-state index contributed by atoms with van der Waals surface area (Å²) in [5.74, 6) is 0.522. The highest BCUT2D eigenvalue weighted by Crippen LogP contribution is 2.30. The van der Waals surface area contributed by atoms with Crippen molar-refractivity contribution in [3.63, 3.8) is 0 Å². The zero-order valence-corrected chi connectivity index (χ0v) is 12.9. The molecule has 3 rings (SSSR count). The Bertz CT molecular complexity index is 621. The molecule has 0 spiro atoms. The molecule has 0 aliphatic heterocycles. The number of carbonyl (C=O) groups is 1. The molecule has 1 amide bonds. The van der Waals surface area contributed by atoms with Gasteiger partial charge < -0.3 is 15.2 Å². The van der Waals surface area contributed by atoms with Gasteiger partial charge in [-0.3, -0.25) is 4.79 Å². The van der Waals surface area contributed by atoms with Gasteiger partial charge in [-0.1, -0.05) is 0 Å². The average molecular weight is 318 g/mol. The maximum atomic E-state index is 12.0. The third-order valence-electron chi connectivity index (χ3n) is 3.85. The zero-order valence-electron chi connectivity index (χ0n) is 12.1. The lowest BCUT2D eigenvalue weighted by Gasteiger charge is -2.36. The average Bonchev–Trinajstić information content (AvgIpc) is 3.02. The van der Waals surface area contributed by atoms with E-state index in [1.165, 1.54) is 11.3 Å². The minimum Gasteiger partial charge on any atom is -0.487 e. The van der Waals surface area contributed by atoms with E-state index in [1.54, 1.807) is 29.8 Å². The van der Waals surface area contributed by atoms with Crippen molar-refractivity contribution in [3.8, 4) is 5.75 Å². The van der Waals surface area contributed by atoms with Crippen molar-refractivity contribution in [2.45, 2.75) is 31.5 Å². The Morgan fingerprint density at radius 1 is 1.36 bits per heavy atom. The van der Waals surface area contributed by atoms with Crippen molar-refractivity contribution in [2.24, 2.45) is 0 Å². The lowest BCUT2D eigenvalue weighted by molar-refractivity contribution is -0.0300. The molecule has 2 aromatic rings. The van der Waals surface area contributed by atoms with Crippen molar-refractivity contribution in [3.05, 3.63) is 46.4 Å². The SMILES string of the molecule is O=C(NCC1(O)CCC1)c1ccc(OCc2cscn2)cc1. The van der Waals surface area contributed by atoms with Crippen molar-refractivity contribution in [1.29, 1.82) is 0 Å². The van der Waals surface area contributed by atoms with Crippen molar-refractivity contribution >= 4 is 17.2 Å². The maximum absolute atomic E-state index is 12.0. The van der Waals surface area contributed by atoms with Gasteiger partial charge in [0.15, 0.2) is 0 Å². The fourth-order valence-electron chi connectivity index (χ4n) is 2.28. The van der Waals surface area contributed by atoms with E-state index in [4.69, 9.17) is 4.74 Å². The van der Waals surface area contributed by atoms with Gasteiger partial charge in [0.25, 0.3) is 5.91 Å². The normalized spacial score (nSPS) is 15.9. The van der Waals surface area contributed by atoms with E-state index in [9.17, 15) is 9.90 Å². The number of hydrogen-bond acceptors (Lipinski definition) is 5. The van der Waals surface area contributed by atoms with Crippen LogP contribution in [0.1, 0.15) is 35.3 Å². The molecule has 1 fully saturated rings. The summed E-state index contributed by atoms with van der Waals surface area (Å²) in [6.07, 6.45) is 2.55. The molecule has 1 aromatic carbocycles. The first-order chi connectivity index (χ1) is 10.6. The Balaban J connectivity index is 1.50. The predicted octanol–water partition coefficient (Wildman–Crippen LogP) is 2.37. The first kappa shape index (κ1) is 15.0. The van der Waals surface area contributed by atoms with Crippen LogP contribution in [-0.4, -0.2) is 28.1 Å². The summed E-state index contributed by atoms with van der Waals surface area (Å²) in [5.41, 5.74) is 2.51. The Kier molecular flexibility index (Phi) is 4.40. The van der Waals surface area contributed by atoms with Crippen LogP contribution >= 0.6 is 11.3 Å². The molecule has 22 heavy (non-hydrogen) atoms. The molecule has 0 bridgehead atoms. The van der Waals surface area contributed by atoms with Gasteiger partial charge >= 0.3 is 0 Å². The quantitative estimate of drug-likeness (QED) is 0.858. The van der Waals surface area contributed by atoms with E-state index in [2.05, 4.69) is 10.3 Å². The molecule has 1 aromatic heterocycles. The van der Waals surface area contributed by atoms with Gasteiger partial charge in [0.1, 0.15) is 12.4 Å². The molecule has 2 N–H and O–H groups in total. The third-order valence-corrected chi connectivity index (χ3v) is 4.48. The molecule has 6 heteroatoms. The summed E-state index contributed by atoms with van der Waals surface area (Å²) in [6, 6.07) is 6.96. The molecule has 1 heterocycles. The lowest BCUT2D eigenvalue weighted by Crippen LogP contribution is -2.47. The van der Waals surface area contributed by atoms with Crippen LogP contribution in [0.2, 0.25) is 0 Å². The van der Waals surface area contributed by atoms with Gasteiger partial charge in [-0.05, 0) is 43.5 Å². The lowest BCUT2D eigenvalue weighted by atomic mass is 9.80. The van der Waals surface area contributed by atoms with Gasteiger partial charge in [0.05, 0.1) is 16.8 Å². The molecule has 0 radical (unpaired) electrons. The van der Waals surface area contributed by atoms with Gasteiger partial charge in [-0.2, -0.15) is 0 Å². The molecule has 0 atom stereocenters. The second-order valence-corrected chi connectivity index (χ2v) is 6.27. The van der Waals surface area contributed by atoms with E-state index in [0.29, 0.717) is 24.5 Å². The number of rotatable bonds is 6. The smallest absolute Gasteiger partial charge is 0.251 e. The Morgan fingerprint density at radius 3 is 2.73 bits per heavy atom. The number of nitrogens with zero attached hydrogens (tertiary/aromatic N) is 1. The van der Waals surface area contributed by atoms with E-state index >= 15 is 0 Å². The summed E-state index contributed by atoms with van der Waals surface area (Å²) in [6.45, 7) is 0.732. The van der Waals surface area contributed by atoms with Crippen LogP contribution in [-0.2, 0) is 6.61 Å². The van der Waals surface area contributed by atoms with Crippen molar-refractivity contribution in [1.82, 2.24) is 10.3 Å². The molecule has 0 saturated heterocycles. The van der Waals surface area contributed by atoms with Crippen LogP contribution in [0.5, 0.6) is 5.75 Å². The van der Waals surface area contributed by atoms with Crippen LogP contribution in [0.4, 0.5) is 0 Å². The number of carbonyl (C=O) groups excluding carboxylic acids is 1. The van der Waals surface area contributed by atoms with Crippen LogP contribution in [0.3, 0.4) is 0 Å². The molecular weight excluding hydrogens is 300 g/mol. The predicted molar refractivity (Wildman–Crippen MR) is 84.0 cm³/mol. The zero-order chi connectivity index (χ0) is 15.4. The molecule has 1 aliphatic carbocycles. The number of aliphatic hydroxyl groups is 1. The number of nitrogens with one attached hydrogen (secondary N) is 1. The highest BCUT2D eigenvalue weighted by Gasteiger charge is 2.34. The molecule has 0 unspecified atom stereocenters. The van der Waals surface area contributed by atoms with Crippen LogP contribution in [0.15, 0.2) is 35.2 Å². The first-order valence-electron chi connectivity index (χ1n) is 7.25. The first-order valence-corrected chi connectivity index (χ1v) is 8.19. The number of benzene rings is 1. The largest absolute Gasteiger partial charge is 0.487 e. The van der Waals surface area contributed by atoms with Crippen molar-refractivity contribution < 1.29 is 14.6 Å². The molecule has 1 aliphatic rings. The van der Waals surface area contributed by atoms with E-state index < -0.39 is 5.60 Å². The summed E-state index contributed by atoms with van der Waals surface area (Å²) < 4.78 is 5.60. The monoisotopic (exact) mass is 318 g/mol. The number of amides is 1. The highest BCUT2D eigenvalue weighted by atomic mass is 32.1. The Morgan fingerprint density at radius 2 is 2.14 bits per heavy atom. The van der Waals surface area contributed by atoms with Gasteiger partial charge in [0.2, 0.25) is 0 Å². The van der Waals surface area contributed by atoms with Gasteiger partial charge in [-0.15, -0.1) is 11.3 Å². The minimum atomic E-state index is -0.702. The summed E-state index contributed by atoms with van der Waals surface area (Å²) >= 11 is 1.53. The number of ether oxygens (including phenoxy) is 1. The Labute approximate surface area is 133 Å². The van der Waals surface area contributed by atoms with E-state index in [0.717, 1.165) is 25.0 Å². The standard InChI is InChI=1S/C16H18N2O3S/c19-15(17-10-16(20)6-1-7-16)12-2-4-14(5-3-12)21-8-13-9-22-11-18-13/h2-5,9,11,20H,1,6-8,10H2,(H,17,19). The van der Waals surface area contributed by atoms with E-state index in [1.807, 2.05) is 5.38 Å². The second-order valence-electron chi connectivity index (χ2n) is 5.55. The molecular formula is C16H18N2O3S. The molecule has 5 nitrogen and oxygen atoms in total. The maximum Gasteiger partial charge on any atom is 0.251 e. The fourth-order valence-corrected chi connectivity index (χ4v) is 2.82.